The fourth-order valence-corrected chi connectivity index (χ4v) is 4.38. The second kappa shape index (κ2) is 6.44. The Morgan fingerprint density at radius 1 is 1.29 bits per heavy atom. The molecule has 7 heteroatoms. The Bertz CT molecular complexity index is 991. The third-order valence-corrected chi connectivity index (χ3v) is 5.72. The monoisotopic (exact) mass is 378 g/mol. The summed E-state index contributed by atoms with van der Waals surface area (Å²) < 4.78 is 13.5. The molecule has 2 aromatic rings. The molecule has 0 saturated carbocycles. The average Bonchev–Trinajstić information content (AvgIpc) is 3.30. The van der Waals surface area contributed by atoms with Gasteiger partial charge in [-0.25, -0.2) is 9.18 Å². The molecule has 2 atom stereocenters. The topological polar surface area (TPSA) is 65.5 Å². The number of rotatable bonds is 3. The maximum Gasteiger partial charge on any atom is 0.322 e. The number of likely N-dealkylation sites (tertiary alicyclic amines) is 1. The third kappa shape index (κ3) is 2.83. The van der Waals surface area contributed by atoms with E-state index >= 15 is 0 Å². The number of urea groups is 1. The highest BCUT2D eigenvalue weighted by Crippen LogP contribution is 2.41. The number of aromatic nitrogens is 1. The molecule has 1 N–H and O–H groups in total. The highest BCUT2D eigenvalue weighted by molar-refractivity contribution is 5.95. The van der Waals surface area contributed by atoms with E-state index in [1.165, 1.54) is 22.6 Å². The normalized spacial score (nSPS) is 22.8. The van der Waals surface area contributed by atoms with Crippen LogP contribution in [-0.4, -0.2) is 45.9 Å². The Morgan fingerprint density at radius 2 is 2.18 bits per heavy atom. The Labute approximate surface area is 161 Å². The lowest BCUT2D eigenvalue weighted by atomic mass is 9.99. The van der Waals surface area contributed by atoms with Gasteiger partial charge in [0.1, 0.15) is 12.4 Å². The number of amides is 3. The number of carbonyl (C=O) groups is 2. The number of hydrogen-bond donors (Lipinski definition) is 1. The predicted octanol–water partition coefficient (Wildman–Crippen LogP) is 2.88. The maximum atomic E-state index is 13.5. The van der Waals surface area contributed by atoms with Gasteiger partial charge < -0.3 is 15.1 Å². The zero-order chi connectivity index (χ0) is 19.3. The zero-order valence-corrected chi connectivity index (χ0v) is 15.1. The molecule has 3 amide bonds. The predicted molar refractivity (Wildman–Crippen MR) is 102 cm³/mol. The van der Waals surface area contributed by atoms with Crippen LogP contribution in [0.5, 0.6) is 0 Å². The summed E-state index contributed by atoms with van der Waals surface area (Å²) in [6, 6.07) is 9.82. The molecular weight excluding hydrogens is 359 g/mol. The zero-order valence-electron chi connectivity index (χ0n) is 15.1. The molecule has 0 radical (unpaired) electrons. The minimum absolute atomic E-state index is 0.0161. The van der Waals surface area contributed by atoms with Gasteiger partial charge in [-0.15, -0.1) is 0 Å². The maximum absolute atomic E-state index is 13.5. The molecule has 1 aromatic heterocycles. The minimum atomic E-state index is -0.356. The van der Waals surface area contributed by atoms with Crippen LogP contribution in [0.4, 0.5) is 14.9 Å². The van der Waals surface area contributed by atoms with E-state index < -0.39 is 0 Å². The Kier molecular flexibility index (Phi) is 3.89. The van der Waals surface area contributed by atoms with Crippen molar-refractivity contribution in [3.63, 3.8) is 0 Å². The van der Waals surface area contributed by atoms with E-state index in [0.29, 0.717) is 17.8 Å². The number of benzene rings is 1. The van der Waals surface area contributed by atoms with Gasteiger partial charge in [0, 0.05) is 24.3 Å². The lowest BCUT2D eigenvalue weighted by Gasteiger charge is -2.32. The molecule has 0 spiro atoms. The summed E-state index contributed by atoms with van der Waals surface area (Å²) in [5.41, 5.74) is 3.44. The van der Waals surface area contributed by atoms with Crippen molar-refractivity contribution >= 4 is 23.2 Å². The lowest BCUT2D eigenvalue weighted by Crippen LogP contribution is -2.47. The molecule has 5 rings (SSSR count). The van der Waals surface area contributed by atoms with Crippen LogP contribution in [0.2, 0.25) is 0 Å². The van der Waals surface area contributed by atoms with E-state index in [-0.39, 0.29) is 42.8 Å². The van der Waals surface area contributed by atoms with E-state index in [1.54, 1.807) is 12.3 Å². The number of anilines is 1. The molecule has 1 fully saturated rings. The van der Waals surface area contributed by atoms with Gasteiger partial charge in [-0.2, -0.15) is 0 Å². The summed E-state index contributed by atoms with van der Waals surface area (Å²) in [5, 5.41) is 2.73. The van der Waals surface area contributed by atoms with Crippen LogP contribution in [-0.2, 0) is 11.3 Å². The summed E-state index contributed by atoms with van der Waals surface area (Å²) >= 11 is 0. The van der Waals surface area contributed by atoms with Gasteiger partial charge in [-0.1, -0.05) is 12.1 Å². The van der Waals surface area contributed by atoms with Gasteiger partial charge in [0.15, 0.2) is 0 Å². The Morgan fingerprint density at radius 3 is 2.93 bits per heavy atom. The SMILES string of the molecule is O=C1Nc2ccc(F)cc2CN1CC(=O)N1C[C@H]2C[C@@H]1C=C2c1ccccn1. The van der Waals surface area contributed by atoms with Crippen molar-refractivity contribution in [1.29, 1.82) is 0 Å². The van der Waals surface area contributed by atoms with E-state index in [9.17, 15) is 14.0 Å². The van der Waals surface area contributed by atoms with Crippen molar-refractivity contribution in [3.05, 3.63) is 65.7 Å². The first-order valence-electron chi connectivity index (χ1n) is 9.35. The van der Waals surface area contributed by atoms with Crippen molar-refractivity contribution in [2.75, 3.05) is 18.4 Å². The summed E-state index contributed by atoms with van der Waals surface area (Å²) in [7, 11) is 0. The number of hydrogen-bond acceptors (Lipinski definition) is 3. The van der Waals surface area contributed by atoms with E-state index in [0.717, 1.165) is 12.1 Å². The Balaban J connectivity index is 1.29. The van der Waals surface area contributed by atoms with Crippen LogP contribution in [0.3, 0.4) is 0 Å². The van der Waals surface area contributed by atoms with Gasteiger partial charge in [0.05, 0.1) is 18.3 Å². The van der Waals surface area contributed by atoms with Crippen LogP contribution in [0.25, 0.3) is 5.57 Å². The third-order valence-electron chi connectivity index (χ3n) is 5.72. The molecule has 0 unspecified atom stereocenters. The molecule has 2 aliphatic heterocycles. The molecule has 6 nitrogen and oxygen atoms in total. The fraction of sp³-hybridized carbons (Fsp3) is 0.286. The number of halogens is 1. The fourth-order valence-electron chi connectivity index (χ4n) is 4.38. The quantitative estimate of drug-likeness (QED) is 0.893. The smallest absolute Gasteiger partial charge is 0.322 e. The first kappa shape index (κ1) is 16.9. The van der Waals surface area contributed by atoms with E-state index in [1.807, 2.05) is 23.1 Å². The second-order valence-corrected chi connectivity index (χ2v) is 7.47. The average molecular weight is 378 g/mol. The van der Waals surface area contributed by atoms with Gasteiger partial charge in [0.2, 0.25) is 5.91 Å². The molecular formula is C21H19FN4O2. The number of pyridine rings is 1. The molecule has 2 bridgehead atoms. The van der Waals surface area contributed by atoms with Gasteiger partial charge >= 0.3 is 6.03 Å². The largest absolute Gasteiger partial charge is 0.334 e. The first-order valence-corrected chi connectivity index (χ1v) is 9.35. The highest BCUT2D eigenvalue weighted by atomic mass is 19.1. The van der Waals surface area contributed by atoms with Gasteiger partial charge in [-0.05, 0) is 47.9 Å². The lowest BCUT2D eigenvalue weighted by molar-refractivity contribution is -0.132. The minimum Gasteiger partial charge on any atom is -0.334 e. The first-order chi connectivity index (χ1) is 13.6. The number of fused-ring (bicyclic) bond motifs is 3. The van der Waals surface area contributed by atoms with Crippen molar-refractivity contribution in [3.8, 4) is 0 Å². The van der Waals surface area contributed by atoms with Crippen molar-refractivity contribution < 1.29 is 14.0 Å². The molecule has 142 valence electrons. The van der Waals surface area contributed by atoms with Gasteiger partial charge in [-0.3, -0.25) is 9.78 Å². The summed E-state index contributed by atoms with van der Waals surface area (Å²) in [4.78, 5) is 32.9. The van der Waals surface area contributed by atoms with Crippen molar-refractivity contribution in [2.45, 2.75) is 19.0 Å². The molecule has 3 heterocycles. The van der Waals surface area contributed by atoms with E-state index in [2.05, 4.69) is 16.4 Å². The van der Waals surface area contributed by atoms with Gasteiger partial charge in [0.25, 0.3) is 0 Å². The molecule has 3 aliphatic rings. The summed E-state index contributed by atoms with van der Waals surface area (Å²) in [6.45, 7) is 0.853. The number of nitrogens with zero attached hydrogens (tertiary/aromatic N) is 3. The van der Waals surface area contributed by atoms with E-state index in [4.69, 9.17) is 0 Å². The van der Waals surface area contributed by atoms with Crippen LogP contribution < -0.4 is 5.32 Å². The summed E-state index contributed by atoms with van der Waals surface area (Å²) in [5.74, 6) is -0.155. The molecule has 28 heavy (non-hydrogen) atoms. The van der Waals surface area contributed by atoms with Crippen molar-refractivity contribution in [2.24, 2.45) is 5.92 Å². The van der Waals surface area contributed by atoms with Crippen molar-refractivity contribution in [1.82, 2.24) is 14.8 Å². The van der Waals surface area contributed by atoms with Crippen LogP contribution >= 0.6 is 0 Å². The number of carbonyl (C=O) groups excluding carboxylic acids is 2. The van der Waals surface area contributed by atoms with Crippen LogP contribution in [0.1, 0.15) is 17.7 Å². The van der Waals surface area contributed by atoms with Crippen LogP contribution in [0, 0.1) is 11.7 Å². The second-order valence-electron chi connectivity index (χ2n) is 7.47. The Hall–Kier alpha value is -3.22. The molecule has 1 aliphatic carbocycles. The highest BCUT2D eigenvalue weighted by Gasteiger charge is 2.42. The number of nitrogens with one attached hydrogen (secondary N) is 1. The molecule has 1 aromatic carbocycles. The molecule has 1 saturated heterocycles. The standard InChI is InChI=1S/C21H19FN4O2/c22-15-4-5-18-14(7-15)10-25(21(28)24-18)12-20(27)26-11-13-8-16(26)9-17(13)19-3-1-2-6-23-19/h1-7,9,13,16H,8,10-12H2,(H,24,28)/t13-,16-/m1/s1. The summed E-state index contributed by atoms with van der Waals surface area (Å²) in [6.07, 6.45) is 4.80. The van der Waals surface area contributed by atoms with Crippen LogP contribution in [0.15, 0.2) is 48.7 Å².